The van der Waals surface area contributed by atoms with Gasteiger partial charge in [-0.05, 0) is 24.6 Å². The molecular weight excluding hydrogens is 181 g/mol. The maximum Gasteiger partial charge on any atom is 0.123 e. The fourth-order valence-corrected chi connectivity index (χ4v) is 1.79. The van der Waals surface area contributed by atoms with Crippen LogP contribution in [-0.2, 0) is 4.74 Å². The minimum absolute atomic E-state index is 0.0283. The minimum Gasteiger partial charge on any atom is -0.371 e. The van der Waals surface area contributed by atoms with Crippen LogP contribution in [0.4, 0.5) is 4.39 Å². The van der Waals surface area contributed by atoms with Crippen molar-refractivity contribution in [3.63, 3.8) is 0 Å². The lowest BCUT2D eigenvalue weighted by molar-refractivity contribution is -0.000381. The Labute approximate surface area is 83.1 Å². The molecule has 1 N–H and O–H groups in total. The predicted molar refractivity (Wildman–Crippen MR) is 52.6 cm³/mol. The summed E-state index contributed by atoms with van der Waals surface area (Å²) in [5, 5.41) is 3.30. The third-order valence-electron chi connectivity index (χ3n) is 2.50. The summed E-state index contributed by atoms with van der Waals surface area (Å²) in [6.45, 7) is 3.60. The van der Waals surface area contributed by atoms with Crippen LogP contribution in [0.1, 0.15) is 18.6 Å². The number of hydrogen-bond donors (Lipinski definition) is 1. The Balaban J connectivity index is 2.20. The van der Waals surface area contributed by atoms with Crippen molar-refractivity contribution >= 4 is 0 Å². The SMILES string of the molecule is C[C@@H]1NCCO[C@H]1c1cccc(F)c1. The molecule has 2 rings (SSSR count). The molecule has 0 unspecified atom stereocenters. The molecule has 0 aromatic heterocycles. The molecular formula is C11H14FNO. The second kappa shape index (κ2) is 4.07. The summed E-state index contributed by atoms with van der Waals surface area (Å²) in [6.07, 6.45) is -0.0283. The molecule has 14 heavy (non-hydrogen) atoms. The molecule has 1 fully saturated rings. The number of morpholine rings is 1. The van der Waals surface area contributed by atoms with Crippen LogP contribution in [0.15, 0.2) is 24.3 Å². The first-order valence-corrected chi connectivity index (χ1v) is 4.88. The van der Waals surface area contributed by atoms with Gasteiger partial charge in [-0.2, -0.15) is 0 Å². The Morgan fingerprint density at radius 2 is 2.36 bits per heavy atom. The van der Waals surface area contributed by atoms with E-state index in [0.29, 0.717) is 6.61 Å². The molecule has 0 saturated carbocycles. The highest BCUT2D eigenvalue weighted by Crippen LogP contribution is 2.23. The molecule has 0 spiro atoms. The van der Waals surface area contributed by atoms with Gasteiger partial charge in [0.05, 0.1) is 12.7 Å². The van der Waals surface area contributed by atoms with Crippen molar-refractivity contribution in [3.8, 4) is 0 Å². The zero-order valence-corrected chi connectivity index (χ0v) is 8.16. The van der Waals surface area contributed by atoms with Crippen LogP contribution in [0.5, 0.6) is 0 Å². The lowest BCUT2D eigenvalue weighted by Gasteiger charge is -2.30. The summed E-state index contributed by atoms with van der Waals surface area (Å²) in [5.41, 5.74) is 0.907. The zero-order chi connectivity index (χ0) is 9.97. The van der Waals surface area contributed by atoms with E-state index in [2.05, 4.69) is 12.2 Å². The maximum absolute atomic E-state index is 13.0. The average molecular weight is 195 g/mol. The van der Waals surface area contributed by atoms with Gasteiger partial charge < -0.3 is 10.1 Å². The average Bonchev–Trinajstić information content (AvgIpc) is 2.18. The maximum atomic E-state index is 13.0. The zero-order valence-electron chi connectivity index (χ0n) is 8.16. The van der Waals surface area contributed by atoms with Gasteiger partial charge in [-0.1, -0.05) is 12.1 Å². The first kappa shape index (κ1) is 9.62. The van der Waals surface area contributed by atoms with Gasteiger partial charge in [-0.25, -0.2) is 4.39 Å². The summed E-state index contributed by atoms with van der Waals surface area (Å²) < 4.78 is 18.6. The molecule has 2 atom stereocenters. The van der Waals surface area contributed by atoms with Crippen molar-refractivity contribution in [2.75, 3.05) is 13.2 Å². The Hall–Kier alpha value is -0.930. The van der Waals surface area contributed by atoms with Crippen molar-refractivity contribution in [1.29, 1.82) is 0 Å². The molecule has 0 bridgehead atoms. The molecule has 0 aliphatic carbocycles. The van der Waals surface area contributed by atoms with Crippen LogP contribution >= 0.6 is 0 Å². The lowest BCUT2D eigenvalue weighted by atomic mass is 10.0. The van der Waals surface area contributed by atoms with E-state index in [0.717, 1.165) is 12.1 Å². The highest BCUT2D eigenvalue weighted by atomic mass is 19.1. The predicted octanol–water partition coefficient (Wildman–Crippen LogP) is 1.88. The first-order valence-electron chi connectivity index (χ1n) is 4.88. The van der Waals surface area contributed by atoms with Gasteiger partial charge in [0.2, 0.25) is 0 Å². The van der Waals surface area contributed by atoms with Crippen LogP contribution in [0.2, 0.25) is 0 Å². The number of halogens is 1. The lowest BCUT2D eigenvalue weighted by Crippen LogP contribution is -2.41. The van der Waals surface area contributed by atoms with Gasteiger partial charge in [0.1, 0.15) is 5.82 Å². The Kier molecular flexibility index (Phi) is 2.79. The quantitative estimate of drug-likeness (QED) is 0.738. The molecule has 1 saturated heterocycles. The molecule has 1 aliphatic rings. The van der Waals surface area contributed by atoms with Gasteiger partial charge in [0, 0.05) is 12.6 Å². The van der Waals surface area contributed by atoms with E-state index in [1.165, 1.54) is 12.1 Å². The third-order valence-corrected chi connectivity index (χ3v) is 2.50. The summed E-state index contributed by atoms with van der Waals surface area (Å²) in [4.78, 5) is 0. The number of ether oxygens (including phenoxy) is 1. The first-order chi connectivity index (χ1) is 6.77. The second-order valence-corrected chi connectivity index (χ2v) is 3.59. The Morgan fingerprint density at radius 1 is 1.50 bits per heavy atom. The van der Waals surface area contributed by atoms with Crippen LogP contribution in [0.3, 0.4) is 0 Å². The fraction of sp³-hybridized carbons (Fsp3) is 0.455. The van der Waals surface area contributed by atoms with E-state index in [1.54, 1.807) is 6.07 Å². The monoisotopic (exact) mass is 195 g/mol. The number of benzene rings is 1. The van der Waals surface area contributed by atoms with E-state index < -0.39 is 0 Å². The Bertz CT molecular complexity index is 316. The highest BCUT2D eigenvalue weighted by molar-refractivity contribution is 5.20. The molecule has 0 radical (unpaired) electrons. The van der Waals surface area contributed by atoms with E-state index in [9.17, 15) is 4.39 Å². The summed E-state index contributed by atoms with van der Waals surface area (Å²) in [6, 6.07) is 6.84. The van der Waals surface area contributed by atoms with Crippen molar-refractivity contribution in [2.45, 2.75) is 19.1 Å². The molecule has 0 amide bonds. The van der Waals surface area contributed by atoms with E-state index in [1.807, 2.05) is 6.07 Å². The van der Waals surface area contributed by atoms with E-state index in [4.69, 9.17) is 4.74 Å². The third kappa shape index (κ3) is 1.94. The van der Waals surface area contributed by atoms with Crippen molar-refractivity contribution in [2.24, 2.45) is 0 Å². The molecule has 3 heteroatoms. The van der Waals surface area contributed by atoms with Gasteiger partial charge in [0.15, 0.2) is 0 Å². The topological polar surface area (TPSA) is 21.3 Å². The van der Waals surface area contributed by atoms with Crippen LogP contribution in [-0.4, -0.2) is 19.2 Å². The van der Waals surface area contributed by atoms with Gasteiger partial charge >= 0.3 is 0 Å². The largest absolute Gasteiger partial charge is 0.371 e. The molecule has 2 nitrogen and oxygen atoms in total. The molecule has 1 aliphatic heterocycles. The van der Waals surface area contributed by atoms with Gasteiger partial charge in [-0.3, -0.25) is 0 Å². The standard InChI is InChI=1S/C11H14FNO/c1-8-11(14-6-5-13-8)9-3-2-4-10(12)7-9/h2-4,7-8,11,13H,5-6H2,1H3/t8-,11+/m0/s1. The number of hydrogen-bond acceptors (Lipinski definition) is 2. The molecule has 1 aromatic carbocycles. The number of rotatable bonds is 1. The van der Waals surface area contributed by atoms with Crippen molar-refractivity contribution in [1.82, 2.24) is 5.32 Å². The summed E-state index contributed by atoms with van der Waals surface area (Å²) >= 11 is 0. The van der Waals surface area contributed by atoms with Crippen LogP contribution in [0.25, 0.3) is 0 Å². The van der Waals surface area contributed by atoms with E-state index >= 15 is 0 Å². The Morgan fingerprint density at radius 3 is 3.07 bits per heavy atom. The van der Waals surface area contributed by atoms with Gasteiger partial charge in [0.25, 0.3) is 0 Å². The van der Waals surface area contributed by atoms with Crippen LogP contribution in [0, 0.1) is 5.82 Å². The summed E-state index contributed by atoms with van der Waals surface area (Å²) in [7, 11) is 0. The molecule has 1 aromatic rings. The fourth-order valence-electron chi connectivity index (χ4n) is 1.79. The second-order valence-electron chi connectivity index (χ2n) is 3.59. The van der Waals surface area contributed by atoms with Gasteiger partial charge in [-0.15, -0.1) is 0 Å². The van der Waals surface area contributed by atoms with Crippen LogP contribution < -0.4 is 5.32 Å². The smallest absolute Gasteiger partial charge is 0.123 e. The molecule has 76 valence electrons. The van der Waals surface area contributed by atoms with E-state index in [-0.39, 0.29) is 18.0 Å². The highest BCUT2D eigenvalue weighted by Gasteiger charge is 2.23. The normalized spacial score (nSPS) is 27.6. The summed E-state index contributed by atoms with van der Waals surface area (Å²) in [5.74, 6) is -0.205. The van der Waals surface area contributed by atoms with Crippen molar-refractivity contribution in [3.05, 3.63) is 35.6 Å². The minimum atomic E-state index is -0.205. The van der Waals surface area contributed by atoms with Crippen molar-refractivity contribution < 1.29 is 9.13 Å². The molecule has 1 heterocycles. The number of nitrogens with one attached hydrogen (secondary N) is 1.